The van der Waals surface area contributed by atoms with Gasteiger partial charge in [-0.25, -0.2) is 13.2 Å². The van der Waals surface area contributed by atoms with Gasteiger partial charge in [0.25, 0.3) is 0 Å². The maximum atomic E-state index is 11.5. The van der Waals surface area contributed by atoms with Crippen molar-refractivity contribution in [2.75, 3.05) is 24.8 Å². The van der Waals surface area contributed by atoms with E-state index < -0.39 is 15.8 Å². The largest absolute Gasteiger partial charge is 0.478 e. The lowest BCUT2D eigenvalue weighted by molar-refractivity contribution is 0.0696. The number of sulfone groups is 1. The molecular weight excluding hydrogens is 294 g/mol. The zero-order valence-electron chi connectivity index (χ0n) is 11.9. The number of carboxylic acid groups (broad SMARTS) is 1. The van der Waals surface area contributed by atoms with Crippen LogP contribution in [0.3, 0.4) is 0 Å². The summed E-state index contributed by atoms with van der Waals surface area (Å²) in [5.41, 5.74) is 0.205. The van der Waals surface area contributed by atoms with Crippen LogP contribution in [0.2, 0.25) is 0 Å². The second kappa shape index (κ2) is 6.44. The highest BCUT2D eigenvalue weighted by molar-refractivity contribution is 7.91. The van der Waals surface area contributed by atoms with E-state index >= 15 is 0 Å². The van der Waals surface area contributed by atoms with Crippen molar-refractivity contribution in [3.8, 4) is 5.75 Å². The Balaban J connectivity index is 1.92. The minimum absolute atomic E-state index is 0.00158. The lowest BCUT2D eigenvalue weighted by atomic mass is 10.2. The van der Waals surface area contributed by atoms with E-state index in [4.69, 9.17) is 9.84 Å². The molecule has 6 nitrogen and oxygen atoms in total. The van der Waals surface area contributed by atoms with Gasteiger partial charge < -0.3 is 9.84 Å². The van der Waals surface area contributed by atoms with E-state index in [-0.39, 0.29) is 23.1 Å². The molecule has 0 amide bonds. The molecule has 0 aromatic heterocycles. The SMILES string of the molecule is CCN(COc1ccc(C(=O)O)cc1)C1CCS(=O)(=O)C1. The van der Waals surface area contributed by atoms with Crippen LogP contribution in [0.15, 0.2) is 24.3 Å². The fraction of sp³-hybridized carbons (Fsp3) is 0.500. The summed E-state index contributed by atoms with van der Waals surface area (Å²) >= 11 is 0. The number of hydrogen-bond acceptors (Lipinski definition) is 5. The molecule has 116 valence electrons. The Labute approximate surface area is 124 Å². The summed E-state index contributed by atoms with van der Waals surface area (Å²) in [6.45, 7) is 2.96. The van der Waals surface area contributed by atoms with Crippen LogP contribution < -0.4 is 4.74 Å². The topological polar surface area (TPSA) is 83.9 Å². The maximum Gasteiger partial charge on any atom is 0.335 e. The standard InChI is InChI=1S/C14H19NO5S/c1-2-15(12-7-8-21(18,19)9-12)10-20-13-5-3-11(4-6-13)14(16)17/h3-6,12H,2,7-10H2,1H3,(H,16,17). The Morgan fingerprint density at radius 3 is 2.52 bits per heavy atom. The van der Waals surface area contributed by atoms with Crippen LogP contribution in [0.4, 0.5) is 0 Å². The Morgan fingerprint density at radius 2 is 2.05 bits per heavy atom. The Hall–Kier alpha value is -1.60. The molecule has 1 atom stereocenters. The molecular formula is C14H19NO5S. The third-order valence-corrected chi connectivity index (χ3v) is 5.38. The Morgan fingerprint density at radius 1 is 1.38 bits per heavy atom. The first-order valence-electron chi connectivity index (χ1n) is 6.82. The molecule has 1 N–H and O–H groups in total. The monoisotopic (exact) mass is 313 g/mol. The van der Waals surface area contributed by atoms with Gasteiger partial charge in [0.1, 0.15) is 12.5 Å². The maximum absolute atomic E-state index is 11.5. The van der Waals surface area contributed by atoms with Crippen LogP contribution >= 0.6 is 0 Å². The third kappa shape index (κ3) is 4.18. The zero-order valence-corrected chi connectivity index (χ0v) is 12.7. The van der Waals surface area contributed by atoms with Gasteiger partial charge in [0.05, 0.1) is 17.1 Å². The summed E-state index contributed by atoms with van der Waals surface area (Å²) < 4.78 is 28.6. The van der Waals surface area contributed by atoms with E-state index in [0.717, 1.165) is 0 Å². The first kappa shape index (κ1) is 15.8. The molecule has 1 aromatic carbocycles. The molecule has 1 aromatic rings. The molecule has 0 spiro atoms. The molecule has 0 aliphatic carbocycles. The van der Waals surface area contributed by atoms with E-state index in [1.807, 2.05) is 11.8 Å². The average molecular weight is 313 g/mol. The fourth-order valence-corrected chi connectivity index (χ4v) is 4.13. The predicted octanol–water partition coefficient (Wildman–Crippen LogP) is 1.23. The highest BCUT2D eigenvalue weighted by atomic mass is 32.2. The molecule has 2 rings (SSSR count). The number of hydrogen-bond donors (Lipinski definition) is 1. The predicted molar refractivity (Wildman–Crippen MR) is 78.3 cm³/mol. The summed E-state index contributed by atoms with van der Waals surface area (Å²) in [5.74, 6) is 0.0103. The molecule has 0 bridgehead atoms. The number of carbonyl (C=O) groups is 1. The summed E-state index contributed by atoms with van der Waals surface area (Å²) in [6.07, 6.45) is 0.636. The van der Waals surface area contributed by atoms with Gasteiger partial charge in [-0.3, -0.25) is 4.90 Å². The van der Waals surface area contributed by atoms with Crippen molar-refractivity contribution in [3.05, 3.63) is 29.8 Å². The van der Waals surface area contributed by atoms with E-state index in [0.29, 0.717) is 25.4 Å². The van der Waals surface area contributed by atoms with Crippen molar-refractivity contribution in [2.24, 2.45) is 0 Å². The fourth-order valence-electron chi connectivity index (χ4n) is 2.37. The van der Waals surface area contributed by atoms with Crippen LogP contribution in [-0.2, 0) is 9.84 Å². The van der Waals surface area contributed by atoms with Crippen LogP contribution in [0.1, 0.15) is 23.7 Å². The van der Waals surface area contributed by atoms with E-state index in [1.165, 1.54) is 12.1 Å². The second-order valence-electron chi connectivity index (χ2n) is 5.06. The summed E-state index contributed by atoms with van der Waals surface area (Å²) in [5, 5.41) is 8.82. The molecule has 1 saturated heterocycles. The Kier molecular flexibility index (Phi) is 4.84. The normalized spacial score (nSPS) is 20.6. The zero-order chi connectivity index (χ0) is 15.5. The number of nitrogens with zero attached hydrogens (tertiary/aromatic N) is 1. The molecule has 21 heavy (non-hydrogen) atoms. The molecule has 7 heteroatoms. The van der Waals surface area contributed by atoms with Gasteiger partial charge in [-0.15, -0.1) is 0 Å². The molecule has 1 aliphatic heterocycles. The Bertz CT molecular complexity index is 596. The molecule has 1 aliphatic rings. The molecule has 1 fully saturated rings. The quantitative estimate of drug-likeness (QED) is 0.795. The van der Waals surface area contributed by atoms with Gasteiger partial charge in [0, 0.05) is 6.04 Å². The summed E-state index contributed by atoms with van der Waals surface area (Å²) in [7, 11) is -2.91. The number of benzene rings is 1. The molecule has 0 radical (unpaired) electrons. The number of ether oxygens (including phenoxy) is 1. The van der Waals surface area contributed by atoms with E-state index in [2.05, 4.69) is 0 Å². The third-order valence-electron chi connectivity index (χ3n) is 3.63. The van der Waals surface area contributed by atoms with Crippen molar-refractivity contribution < 1.29 is 23.1 Å². The van der Waals surface area contributed by atoms with Gasteiger partial charge in [0.15, 0.2) is 9.84 Å². The van der Waals surface area contributed by atoms with Gasteiger partial charge in [0.2, 0.25) is 0 Å². The summed E-state index contributed by atoms with van der Waals surface area (Å²) in [6, 6.07) is 6.16. The van der Waals surface area contributed by atoms with Crippen LogP contribution in [0, 0.1) is 0 Å². The number of carboxylic acids is 1. The lowest BCUT2D eigenvalue weighted by Gasteiger charge is -2.26. The van der Waals surface area contributed by atoms with Gasteiger partial charge in [-0.1, -0.05) is 6.92 Å². The van der Waals surface area contributed by atoms with Crippen molar-refractivity contribution in [1.82, 2.24) is 4.90 Å². The highest BCUT2D eigenvalue weighted by Gasteiger charge is 2.31. The van der Waals surface area contributed by atoms with Crippen molar-refractivity contribution in [1.29, 1.82) is 0 Å². The van der Waals surface area contributed by atoms with Gasteiger partial charge in [-0.05, 0) is 37.2 Å². The first-order chi connectivity index (χ1) is 9.91. The van der Waals surface area contributed by atoms with E-state index in [9.17, 15) is 13.2 Å². The van der Waals surface area contributed by atoms with Gasteiger partial charge >= 0.3 is 5.97 Å². The smallest absolute Gasteiger partial charge is 0.335 e. The number of rotatable bonds is 6. The van der Waals surface area contributed by atoms with Crippen molar-refractivity contribution in [2.45, 2.75) is 19.4 Å². The number of aromatic carboxylic acids is 1. The van der Waals surface area contributed by atoms with Crippen LogP contribution in [0.25, 0.3) is 0 Å². The first-order valence-corrected chi connectivity index (χ1v) is 8.64. The lowest BCUT2D eigenvalue weighted by Crippen LogP contribution is -2.38. The van der Waals surface area contributed by atoms with Crippen LogP contribution in [0.5, 0.6) is 5.75 Å². The minimum atomic E-state index is -2.91. The van der Waals surface area contributed by atoms with E-state index in [1.54, 1.807) is 12.1 Å². The van der Waals surface area contributed by atoms with Crippen molar-refractivity contribution >= 4 is 15.8 Å². The van der Waals surface area contributed by atoms with Crippen molar-refractivity contribution in [3.63, 3.8) is 0 Å². The van der Waals surface area contributed by atoms with Gasteiger partial charge in [-0.2, -0.15) is 0 Å². The van der Waals surface area contributed by atoms with Crippen LogP contribution in [-0.4, -0.2) is 55.2 Å². The second-order valence-corrected chi connectivity index (χ2v) is 7.29. The molecule has 1 heterocycles. The molecule has 0 saturated carbocycles. The summed E-state index contributed by atoms with van der Waals surface area (Å²) in [4.78, 5) is 12.7. The highest BCUT2D eigenvalue weighted by Crippen LogP contribution is 2.19. The molecule has 1 unspecified atom stereocenters. The average Bonchev–Trinajstić information content (AvgIpc) is 2.80. The minimum Gasteiger partial charge on any atom is -0.478 e.